The van der Waals surface area contributed by atoms with Crippen LogP contribution in [0.3, 0.4) is 0 Å². The van der Waals surface area contributed by atoms with Gasteiger partial charge >= 0.3 is 0 Å². The number of halogens is 2. The molecule has 0 saturated carbocycles. The van der Waals surface area contributed by atoms with Gasteiger partial charge in [-0.1, -0.05) is 49.9 Å². The zero-order chi connectivity index (χ0) is 14.1. The molecule has 108 valence electrons. The van der Waals surface area contributed by atoms with Crippen molar-refractivity contribution >= 4 is 23.2 Å². The van der Waals surface area contributed by atoms with E-state index in [0.717, 1.165) is 13.0 Å². The zero-order valence-corrected chi connectivity index (χ0v) is 13.2. The van der Waals surface area contributed by atoms with Crippen molar-refractivity contribution in [2.75, 3.05) is 13.2 Å². The van der Waals surface area contributed by atoms with Crippen molar-refractivity contribution in [3.05, 3.63) is 28.2 Å². The average Bonchev–Trinajstić information content (AvgIpc) is 2.34. The van der Waals surface area contributed by atoms with Gasteiger partial charge in [0.25, 0.3) is 0 Å². The molecule has 19 heavy (non-hydrogen) atoms. The smallest absolute Gasteiger partial charge is 0.137 e. The number of hydrogen-bond donors (Lipinski definition) is 1. The Morgan fingerprint density at radius 1 is 1.11 bits per heavy atom. The van der Waals surface area contributed by atoms with E-state index >= 15 is 0 Å². The molecule has 4 heteroatoms. The standard InChI is InChI=1S/C15H23Cl2NO/c1-12(2)18-9-5-3-4-6-10-19-15-8-7-13(16)11-14(15)17/h7-8,11-12,18H,3-6,9-10H2,1-2H3. The third-order valence-corrected chi connectivity index (χ3v) is 3.31. The molecule has 0 unspecified atom stereocenters. The van der Waals surface area contributed by atoms with Crippen LogP contribution in [0.5, 0.6) is 5.75 Å². The molecule has 0 atom stereocenters. The molecular weight excluding hydrogens is 281 g/mol. The molecule has 0 aliphatic heterocycles. The Morgan fingerprint density at radius 3 is 2.53 bits per heavy atom. The van der Waals surface area contributed by atoms with E-state index in [1.54, 1.807) is 12.1 Å². The molecule has 0 amide bonds. The molecule has 0 spiro atoms. The number of rotatable bonds is 9. The molecule has 0 aromatic heterocycles. The molecule has 0 bridgehead atoms. The molecule has 0 aliphatic carbocycles. The van der Waals surface area contributed by atoms with Gasteiger partial charge in [-0.15, -0.1) is 0 Å². The normalized spacial score (nSPS) is 11.0. The van der Waals surface area contributed by atoms with E-state index in [1.807, 2.05) is 6.07 Å². The second-order valence-corrected chi connectivity index (χ2v) is 5.79. The Kier molecular flexibility index (Phi) is 8.27. The summed E-state index contributed by atoms with van der Waals surface area (Å²) in [6, 6.07) is 5.89. The lowest BCUT2D eigenvalue weighted by atomic mass is 10.2. The van der Waals surface area contributed by atoms with Crippen molar-refractivity contribution in [3.8, 4) is 5.75 Å². The minimum atomic E-state index is 0.577. The van der Waals surface area contributed by atoms with Gasteiger partial charge in [0.2, 0.25) is 0 Å². The summed E-state index contributed by atoms with van der Waals surface area (Å²) in [5.74, 6) is 0.715. The number of hydrogen-bond acceptors (Lipinski definition) is 2. The summed E-state index contributed by atoms with van der Waals surface area (Å²) in [6.45, 7) is 6.15. The monoisotopic (exact) mass is 303 g/mol. The zero-order valence-electron chi connectivity index (χ0n) is 11.7. The van der Waals surface area contributed by atoms with Crippen LogP contribution in [-0.2, 0) is 0 Å². The molecule has 1 rings (SSSR count). The van der Waals surface area contributed by atoms with Crippen molar-refractivity contribution < 1.29 is 4.74 Å². The van der Waals surface area contributed by atoms with Gasteiger partial charge in [-0.25, -0.2) is 0 Å². The highest BCUT2D eigenvalue weighted by molar-refractivity contribution is 6.35. The van der Waals surface area contributed by atoms with Crippen LogP contribution in [-0.4, -0.2) is 19.2 Å². The van der Waals surface area contributed by atoms with Crippen molar-refractivity contribution in [1.29, 1.82) is 0 Å². The molecule has 0 fully saturated rings. The number of benzene rings is 1. The van der Waals surface area contributed by atoms with Gasteiger partial charge in [-0.3, -0.25) is 0 Å². The van der Waals surface area contributed by atoms with Crippen molar-refractivity contribution in [2.45, 2.75) is 45.6 Å². The molecular formula is C15H23Cl2NO. The number of ether oxygens (including phenoxy) is 1. The average molecular weight is 304 g/mol. The predicted molar refractivity (Wildman–Crippen MR) is 83.6 cm³/mol. The molecule has 2 nitrogen and oxygen atoms in total. The fourth-order valence-electron chi connectivity index (χ4n) is 1.75. The van der Waals surface area contributed by atoms with Crippen molar-refractivity contribution in [2.24, 2.45) is 0 Å². The highest BCUT2D eigenvalue weighted by Crippen LogP contribution is 2.27. The number of unbranched alkanes of at least 4 members (excludes halogenated alkanes) is 3. The summed E-state index contributed by atoms with van der Waals surface area (Å²) in [4.78, 5) is 0. The van der Waals surface area contributed by atoms with Gasteiger partial charge in [-0.2, -0.15) is 0 Å². The summed E-state index contributed by atoms with van der Waals surface area (Å²) < 4.78 is 5.63. The van der Waals surface area contributed by atoms with Gasteiger partial charge in [0.15, 0.2) is 0 Å². The quantitative estimate of drug-likeness (QED) is 0.653. The summed E-state index contributed by atoms with van der Waals surface area (Å²) in [5.41, 5.74) is 0. The van der Waals surface area contributed by atoms with Crippen molar-refractivity contribution in [1.82, 2.24) is 5.32 Å². The maximum Gasteiger partial charge on any atom is 0.137 e. The Morgan fingerprint density at radius 2 is 1.84 bits per heavy atom. The van der Waals surface area contributed by atoms with Crippen LogP contribution in [0.25, 0.3) is 0 Å². The fourth-order valence-corrected chi connectivity index (χ4v) is 2.21. The topological polar surface area (TPSA) is 21.3 Å². The van der Waals surface area contributed by atoms with Gasteiger partial charge in [-0.05, 0) is 37.6 Å². The van der Waals surface area contributed by atoms with Crippen LogP contribution in [0.1, 0.15) is 39.5 Å². The first-order valence-corrected chi connectivity index (χ1v) is 7.66. The Labute approximate surface area is 126 Å². The molecule has 1 aromatic carbocycles. The second kappa shape index (κ2) is 9.46. The summed E-state index contributed by atoms with van der Waals surface area (Å²) in [5, 5.41) is 4.63. The first-order chi connectivity index (χ1) is 9.09. The fraction of sp³-hybridized carbons (Fsp3) is 0.600. The van der Waals surface area contributed by atoms with Gasteiger partial charge in [0.1, 0.15) is 5.75 Å². The third-order valence-electron chi connectivity index (χ3n) is 2.78. The predicted octanol–water partition coefficient (Wildman–Crippen LogP) is 4.93. The molecule has 0 saturated heterocycles. The maximum absolute atomic E-state index is 6.02. The highest BCUT2D eigenvalue weighted by atomic mass is 35.5. The van der Waals surface area contributed by atoms with Gasteiger partial charge < -0.3 is 10.1 Å². The molecule has 1 aromatic rings. The first kappa shape index (κ1) is 16.6. The van der Waals surface area contributed by atoms with Gasteiger partial charge in [0, 0.05) is 11.1 Å². The van der Waals surface area contributed by atoms with E-state index in [4.69, 9.17) is 27.9 Å². The largest absolute Gasteiger partial charge is 0.492 e. The van der Waals surface area contributed by atoms with Crippen LogP contribution in [0.15, 0.2) is 18.2 Å². The lowest BCUT2D eigenvalue weighted by molar-refractivity contribution is 0.304. The lowest BCUT2D eigenvalue weighted by Crippen LogP contribution is -2.23. The summed E-state index contributed by atoms with van der Waals surface area (Å²) >= 11 is 11.8. The Balaban J connectivity index is 2.04. The van der Waals surface area contributed by atoms with E-state index in [1.165, 1.54) is 19.3 Å². The minimum Gasteiger partial charge on any atom is -0.492 e. The SMILES string of the molecule is CC(C)NCCCCCCOc1ccc(Cl)cc1Cl. The summed E-state index contributed by atoms with van der Waals surface area (Å²) in [7, 11) is 0. The Hall–Kier alpha value is -0.440. The van der Waals surface area contributed by atoms with E-state index in [0.29, 0.717) is 28.4 Å². The minimum absolute atomic E-state index is 0.577. The molecule has 0 heterocycles. The second-order valence-electron chi connectivity index (χ2n) is 4.95. The molecule has 0 aliphatic rings. The van der Waals surface area contributed by atoms with E-state index < -0.39 is 0 Å². The van der Waals surface area contributed by atoms with Crippen molar-refractivity contribution in [3.63, 3.8) is 0 Å². The van der Waals surface area contributed by atoms with Crippen LogP contribution in [0.2, 0.25) is 10.0 Å². The number of nitrogens with one attached hydrogen (secondary N) is 1. The van der Waals surface area contributed by atoms with Gasteiger partial charge in [0.05, 0.1) is 11.6 Å². The van der Waals surface area contributed by atoms with Crippen LogP contribution >= 0.6 is 23.2 Å². The van der Waals surface area contributed by atoms with E-state index in [9.17, 15) is 0 Å². The Bertz CT molecular complexity index is 369. The molecule has 1 N–H and O–H groups in total. The van der Waals surface area contributed by atoms with Crippen LogP contribution in [0, 0.1) is 0 Å². The molecule has 0 radical (unpaired) electrons. The van der Waals surface area contributed by atoms with Crippen LogP contribution in [0.4, 0.5) is 0 Å². The maximum atomic E-state index is 6.02. The third kappa shape index (κ3) is 7.66. The van der Waals surface area contributed by atoms with Crippen LogP contribution < -0.4 is 10.1 Å². The highest BCUT2D eigenvalue weighted by Gasteiger charge is 2.01. The van der Waals surface area contributed by atoms with E-state index in [-0.39, 0.29) is 0 Å². The lowest BCUT2D eigenvalue weighted by Gasteiger charge is -2.09. The van der Waals surface area contributed by atoms with E-state index in [2.05, 4.69) is 19.2 Å². The summed E-state index contributed by atoms with van der Waals surface area (Å²) in [6.07, 6.45) is 4.70. The first-order valence-electron chi connectivity index (χ1n) is 6.91.